The zero-order chi connectivity index (χ0) is 17.1. The van der Waals surface area contributed by atoms with Crippen LogP contribution in [0.4, 0.5) is 15.4 Å². The summed E-state index contributed by atoms with van der Waals surface area (Å²) < 4.78 is 10.4. The molecule has 22 heavy (non-hydrogen) atoms. The van der Waals surface area contributed by atoms with Crippen LogP contribution in [0.5, 0.6) is 0 Å². The van der Waals surface area contributed by atoms with E-state index in [1.54, 1.807) is 41.5 Å². The van der Waals surface area contributed by atoms with E-state index >= 15 is 0 Å². The lowest BCUT2D eigenvalue weighted by molar-refractivity contribution is 0.0428. The van der Waals surface area contributed by atoms with Gasteiger partial charge in [0.1, 0.15) is 11.2 Å². The number of hydrogen-bond donors (Lipinski definition) is 0. The highest BCUT2D eigenvalue weighted by Crippen LogP contribution is 2.21. The average Bonchev–Trinajstić information content (AvgIpc) is 2.23. The number of aromatic nitrogens is 2. The molecule has 1 aromatic heterocycles. The van der Waals surface area contributed by atoms with Crippen molar-refractivity contribution in [2.45, 2.75) is 52.7 Å². The lowest BCUT2D eigenvalue weighted by atomic mass is 10.2. The zero-order valence-electron chi connectivity index (χ0n) is 13.5. The monoisotopic (exact) mass is 329 g/mol. The molecule has 8 heteroatoms. The number of anilines is 1. The highest BCUT2D eigenvalue weighted by Gasteiger charge is 2.33. The van der Waals surface area contributed by atoms with Gasteiger partial charge in [-0.3, -0.25) is 0 Å². The van der Waals surface area contributed by atoms with E-state index in [1.807, 2.05) is 0 Å². The van der Waals surface area contributed by atoms with Crippen molar-refractivity contribution in [3.8, 4) is 0 Å². The molecule has 1 aromatic rings. The Morgan fingerprint density at radius 3 is 1.86 bits per heavy atom. The molecule has 0 fully saturated rings. The third-order valence-electron chi connectivity index (χ3n) is 1.99. The molecule has 0 spiro atoms. The first-order valence-corrected chi connectivity index (χ1v) is 7.01. The van der Waals surface area contributed by atoms with Gasteiger partial charge in [0.25, 0.3) is 0 Å². The van der Waals surface area contributed by atoms with Crippen molar-refractivity contribution < 1.29 is 19.1 Å². The number of carbonyl (C=O) groups excluding carboxylic acids is 2. The minimum Gasteiger partial charge on any atom is -0.443 e. The summed E-state index contributed by atoms with van der Waals surface area (Å²) >= 11 is 5.83. The molecular formula is C14H20ClN3O4. The third kappa shape index (κ3) is 5.85. The van der Waals surface area contributed by atoms with Crippen molar-refractivity contribution in [2.75, 3.05) is 4.90 Å². The Bertz CT molecular complexity index is 536. The molecule has 7 nitrogen and oxygen atoms in total. The number of rotatable bonds is 1. The average molecular weight is 330 g/mol. The van der Waals surface area contributed by atoms with Crippen LogP contribution in [0.2, 0.25) is 5.02 Å². The summed E-state index contributed by atoms with van der Waals surface area (Å²) in [5.74, 6) is -0.0731. The predicted molar refractivity (Wildman–Crippen MR) is 82.0 cm³/mol. The summed E-state index contributed by atoms with van der Waals surface area (Å²) in [4.78, 5) is 25.2. The number of amides is 2. The van der Waals surface area contributed by atoms with Gasteiger partial charge in [0.15, 0.2) is 5.82 Å². The van der Waals surface area contributed by atoms with Crippen LogP contribution in [-0.4, -0.2) is 33.6 Å². The fraction of sp³-hybridized carbons (Fsp3) is 0.571. The van der Waals surface area contributed by atoms with E-state index < -0.39 is 23.4 Å². The van der Waals surface area contributed by atoms with Crippen molar-refractivity contribution in [3.05, 3.63) is 17.3 Å². The highest BCUT2D eigenvalue weighted by atomic mass is 35.5. The summed E-state index contributed by atoms with van der Waals surface area (Å²) in [6.07, 6.45) is -0.551. The second kappa shape index (κ2) is 6.48. The molecule has 0 radical (unpaired) electrons. The Balaban J connectivity index is 3.15. The third-order valence-corrected chi connectivity index (χ3v) is 2.20. The fourth-order valence-electron chi connectivity index (χ4n) is 1.32. The molecule has 1 rings (SSSR count). The van der Waals surface area contributed by atoms with Crippen LogP contribution in [0.3, 0.4) is 0 Å². The first-order valence-electron chi connectivity index (χ1n) is 6.63. The van der Waals surface area contributed by atoms with Crippen molar-refractivity contribution >= 4 is 29.6 Å². The van der Waals surface area contributed by atoms with Gasteiger partial charge in [-0.25, -0.2) is 9.59 Å². The predicted octanol–water partition coefficient (Wildman–Crippen LogP) is 3.81. The molecule has 2 amide bonds. The van der Waals surface area contributed by atoms with Gasteiger partial charge < -0.3 is 9.47 Å². The van der Waals surface area contributed by atoms with Crippen LogP contribution in [-0.2, 0) is 9.47 Å². The van der Waals surface area contributed by atoms with Crippen LogP contribution in [0.25, 0.3) is 0 Å². The smallest absolute Gasteiger partial charge is 0.425 e. The van der Waals surface area contributed by atoms with Gasteiger partial charge in [-0.05, 0) is 41.5 Å². The molecule has 0 aliphatic rings. The van der Waals surface area contributed by atoms with E-state index in [-0.39, 0.29) is 10.8 Å². The Morgan fingerprint density at radius 2 is 1.50 bits per heavy atom. The van der Waals surface area contributed by atoms with E-state index in [1.165, 1.54) is 12.3 Å². The second-order valence-corrected chi connectivity index (χ2v) is 6.96. The van der Waals surface area contributed by atoms with Gasteiger partial charge in [-0.1, -0.05) is 11.6 Å². The number of carbonyl (C=O) groups is 2. The number of hydrogen-bond acceptors (Lipinski definition) is 6. The topological polar surface area (TPSA) is 81.6 Å². The molecule has 0 saturated heterocycles. The largest absolute Gasteiger partial charge is 0.443 e. The van der Waals surface area contributed by atoms with Crippen LogP contribution >= 0.6 is 11.6 Å². The molecular weight excluding hydrogens is 310 g/mol. The molecule has 0 atom stereocenters. The number of ether oxygens (including phenoxy) is 2. The molecule has 0 aliphatic heterocycles. The molecule has 0 unspecified atom stereocenters. The normalized spacial score (nSPS) is 11.8. The van der Waals surface area contributed by atoms with Gasteiger partial charge in [-0.2, -0.15) is 10.00 Å². The Hall–Kier alpha value is -1.89. The van der Waals surface area contributed by atoms with Crippen LogP contribution in [0.1, 0.15) is 41.5 Å². The van der Waals surface area contributed by atoms with E-state index in [0.29, 0.717) is 4.90 Å². The maximum atomic E-state index is 12.3. The van der Waals surface area contributed by atoms with Crippen molar-refractivity contribution in [1.82, 2.24) is 10.2 Å². The van der Waals surface area contributed by atoms with E-state index in [0.717, 1.165) is 0 Å². The molecule has 0 saturated carbocycles. The van der Waals surface area contributed by atoms with Gasteiger partial charge in [0, 0.05) is 6.07 Å². The van der Waals surface area contributed by atoms with Gasteiger partial charge in [-0.15, -0.1) is 5.10 Å². The van der Waals surface area contributed by atoms with Crippen LogP contribution < -0.4 is 4.90 Å². The first kappa shape index (κ1) is 18.2. The zero-order valence-corrected chi connectivity index (χ0v) is 14.3. The fourth-order valence-corrected chi connectivity index (χ4v) is 1.46. The van der Waals surface area contributed by atoms with E-state index in [9.17, 15) is 9.59 Å². The first-order chi connectivity index (χ1) is 9.89. The summed E-state index contributed by atoms with van der Waals surface area (Å²) in [7, 11) is 0. The molecule has 1 heterocycles. The van der Waals surface area contributed by atoms with Crippen LogP contribution in [0.15, 0.2) is 12.3 Å². The SMILES string of the molecule is CC(C)(C)OC(=O)N(C(=O)OC(C)(C)C)c1cc(Cl)cnn1. The molecule has 122 valence electrons. The second-order valence-electron chi connectivity index (χ2n) is 6.53. The summed E-state index contributed by atoms with van der Waals surface area (Å²) in [5, 5.41) is 7.58. The van der Waals surface area contributed by atoms with Gasteiger partial charge in [0.2, 0.25) is 0 Å². The number of imide groups is 1. The lowest BCUT2D eigenvalue weighted by Gasteiger charge is -2.27. The Kier molecular flexibility index (Phi) is 5.35. The summed E-state index contributed by atoms with van der Waals surface area (Å²) in [6, 6.07) is 1.32. The Morgan fingerprint density at radius 1 is 1.05 bits per heavy atom. The van der Waals surface area contributed by atoms with Crippen molar-refractivity contribution in [3.63, 3.8) is 0 Å². The van der Waals surface area contributed by atoms with E-state index in [2.05, 4.69) is 10.2 Å². The van der Waals surface area contributed by atoms with Gasteiger partial charge in [0.05, 0.1) is 11.2 Å². The maximum absolute atomic E-state index is 12.3. The number of nitrogens with zero attached hydrogens (tertiary/aromatic N) is 3. The molecule has 0 aliphatic carbocycles. The lowest BCUT2D eigenvalue weighted by Crippen LogP contribution is -2.44. The molecule has 0 N–H and O–H groups in total. The standard InChI is InChI=1S/C14H20ClN3O4/c1-13(2,3)21-11(19)18(12(20)22-14(4,5)6)10-7-9(15)8-16-17-10/h7-8H,1-6H3. The van der Waals surface area contributed by atoms with Crippen molar-refractivity contribution in [2.24, 2.45) is 0 Å². The Labute approximate surface area is 134 Å². The highest BCUT2D eigenvalue weighted by molar-refractivity contribution is 6.30. The van der Waals surface area contributed by atoms with Crippen LogP contribution in [0, 0.1) is 0 Å². The van der Waals surface area contributed by atoms with E-state index in [4.69, 9.17) is 21.1 Å². The maximum Gasteiger partial charge on any atom is 0.425 e. The quantitative estimate of drug-likeness (QED) is 0.779. The molecule has 0 aromatic carbocycles. The van der Waals surface area contributed by atoms with Gasteiger partial charge >= 0.3 is 12.2 Å². The summed E-state index contributed by atoms with van der Waals surface area (Å²) in [5.41, 5.74) is -1.58. The summed E-state index contributed by atoms with van der Waals surface area (Å²) in [6.45, 7) is 10.1. The minimum atomic E-state index is -0.918. The number of halogens is 1. The minimum absolute atomic E-state index is 0.0731. The van der Waals surface area contributed by atoms with Crippen molar-refractivity contribution in [1.29, 1.82) is 0 Å². The molecule has 0 bridgehead atoms.